The Kier molecular flexibility index (Phi) is 3.48. The predicted octanol–water partition coefficient (Wildman–Crippen LogP) is 2.43. The summed E-state index contributed by atoms with van der Waals surface area (Å²) >= 11 is 4.91. The molecule has 100 valence electrons. The van der Waals surface area contributed by atoms with Crippen molar-refractivity contribution in [3.05, 3.63) is 41.1 Å². The summed E-state index contributed by atoms with van der Waals surface area (Å²) in [5.41, 5.74) is 6.60. The number of nitrogens with two attached hydrogens (primary N) is 1. The van der Waals surface area contributed by atoms with E-state index >= 15 is 0 Å². The van der Waals surface area contributed by atoms with Gasteiger partial charge in [0.1, 0.15) is 10.8 Å². The minimum absolute atomic E-state index is 0.100. The van der Waals surface area contributed by atoms with Crippen LogP contribution in [0.15, 0.2) is 18.2 Å². The first-order chi connectivity index (χ1) is 8.90. The number of thiocarbonyl (C=S) groups is 1. The summed E-state index contributed by atoms with van der Waals surface area (Å²) in [5, 5.41) is 4.10. The second-order valence-corrected chi connectivity index (χ2v) is 4.37. The van der Waals surface area contributed by atoms with Gasteiger partial charge >= 0.3 is 0 Å². The summed E-state index contributed by atoms with van der Waals surface area (Å²) in [5.74, 6) is -1.40. The van der Waals surface area contributed by atoms with E-state index in [-0.39, 0.29) is 16.6 Å². The van der Waals surface area contributed by atoms with Crippen molar-refractivity contribution in [1.29, 1.82) is 0 Å². The number of hydrogen-bond donors (Lipinski definition) is 1. The highest BCUT2D eigenvalue weighted by Gasteiger charge is 2.19. The molecule has 0 amide bonds. The molecule has 0 radical (unpaired) electrons. The smallest absolute Gasteiger partial charge is 0.228 e. The van der Waals surface area contributed by atoms with Gasteiger partial charge in [0.05, 0.1) is 11.3 Å². The Morgan fingerprint density at radius 2 is 2.11 bits per heavy atom. The SMILES string of the molecule is Cc1nn(C)c(Oc2ccc(F)cc2F)c1C(N)=S. The minimum Gasteiger partial charge on any atom is -0.435 e. The Balaban J connectivity index is 2.46. The van der Waals surface area contributed by atoms with Crippen LogP contribution in [0.3, 0.4) is 0 Å². The first-order valence-corrected chi connectivity index (χ1v) is 5.77. The van der Waals surface area contributed by atoms with E-state index in [0.717, 1.165) is 12.1 Å². The van der Waals surface area contributed by atoms with Crippen molar-refractivity contribution in [2.45, 2.75) is 6.92 Å². The molecule has 0 aliphatic heterocycles. The zero-order chi connectivity index (χ0) is 14.2. The molecule has 0 saturated carbocycles. The maximum atomic E-state index is 13.5. The summed E-state index contributed by atoms with van der Waals surface area (Å²) in [6.45, 7) is 1.71. The van der Waals surface area contributed by atoms with Crippen molar-refractivity contribution in [3.8, 4) is 11.6 Å². The van der Waals surface area contributed by atoms with E-state index < -0.39 is 11.6 Å². The van der Waals surface area contributed by atoms with Crippen LogP contribution in [0.4, 0.5) is 8.78 Å². The normalized spacial score (nSPS) is 10.5. The van der Waals surface area contributed by atoms with Crippen LogP contribution in [0.2, 0.25) is 0 Å². The van der Waals surface area contributed by atoms with Crippen LogP contribution in [0.25, 0.3) is 0 Å². The third-order valence-corrected chi connectivity index (χ3v) is 2.72. The molecular weight excluding hydrogens is 272 g/mol. The highest BCUT2D eigenvalue weighted by Crippen LogP contribution is 2.29. The molecule has 0 atom stereocenters. The molecule has 2 aromatic rings. The average Bonchev–Trinajstić information content (AvgIpc) is 2.57. The van der Waals surface area contributed by atoms with Gasteiger partial charge in [-0.3, -0.25) is 0 Å². The van der Waals surface area contributed by atoms with E-state index in [1.165, 1.54) is 10.7 Å². The molecule has 0 saturated heterocycles. The second-order valence-electron chi connectivity index (χ2n) is 3.93. The topological polar surface area (TPSA) is 53.1 Å². The molecule has 19 heavy (non-hydrogen) atoms. The third-order valence-electron chi connectivity index (χ3n) is 2.52. The van der Waals surface area contributed by atoms with Gasteiger partial charge in [0.15, 0.2) is 11.6 Å². The van der Waals surface area contributed by atoms with Gasteiger partial charge in [0.25, 0.3) is 0 Å². The Bertz CT molecular complexity index is 655. The van der Waals surface area contributed by atoms with Gasteiger partial charge in [-0.15, -0.1) is 0 Å². The largest absolute Gasteiger partial charge is 0.435 e. The van der Waals surface area contributed by atoms with Gasteiger partial charge < -0.3 is 10.5 Å². The number of ether oxygens (including phenoxy) is 1. The van der Waals surface area contributed by atoms with E-state index in [1.807, 2.05) is 0 Å². The molecule has 0 unspecified atom stereocenters. The van der Waals surface area contributed by atoms with E-state index in [4.69, 9.17) is 22.7 Å². The van der Waals surface area contributed by atoms with Crippen molar-refractivity contribution < 1.29 is 13.5 Å². The minimum atomic E-state index is -0.812. The molecule has 0 spiro atoms. The van der Waals surface area contributed by atoms with E-state index in [9.17, 15) is 8.78 Å². The fraction of sp³-hybridized carbons (Fsp3) is 0.167. The molecule has 2 rings (SSSR count). The molecule has 0 bridgehead atoms. The number of aromatic nitrogens is 2. The highest BCUT2D eigenvalue weighted by molar-refractivity contribution is 7.80. The van der Waals surface area contributed by atoms with Gasteiger partial charge in [0, 0.05) is 13.1 Å². The first kappa shape index (κ1) is 13.4. The zero-order valence-corrected chi connectivity index (χ0v) is 11.1. The summed E-state index contributed by atoms with van der Waals surface area (Å²) < 4.78 is 33.2. The summed E-state index contributed by atoms with van der Waals surface area (Å²) in [4.78, 5) is 0.100. The number of rotatable bonds is 3. The zero-order valence-electron chi connectivity index (χ0n) is 10.3. The highest BCUT2D eigenvalue weighted by atomic mass is 32.1. The van der Waals surface area contributed by atoms with Crippen LogP contribution in [-0.2, 0) is 7.05 Å². The third kappa shape index (κ3) is 2.55. The van der Waals surface area contributed by atoms with Crippen molar-refractivity contribution >= 4 is 17.2 Å². The van der Waals surface area contributed by atoms with Gasteiger partial charge in [-0.2, -0.15) is 5.10 Å². The lowest BCUT2D eigenvalue weighted by Crippen LogP contribution is -2.11. The number of aryl methyl sites for hydroxylation is 2. The maximum absolute atomic E-state index is 13.5. The van der Waals surface area contributed by atoms with E-state index in [2.05, 4.69) is 5.10 Å². The van der Waals surface area contributed by atoms with Crippen LogP contribution >= 0.6 is 12.2 Å². The summed E-state index contributed by atoms with van der Waals surface area (Å²) in [6, 6.07) is 3.03. The summed E-state index contributed by atoms with van der Waals surface area (Å²) in [7, 11) is 1.62. The molecule has 1 heterocycles. The Morgan fingerprint density at radius 3 is 2.68 bits per heavy atom. The van der Waals surface area contributed by atoms with Gasteiger partial charge in [-0.25, -0.2) is 13.5 Å². The molecule has 2 N–H and O–H groups in total. The Labute approximate surface area is 113 Å². The molecule has 4 nitrogen and oxygen atoms in total. The Hall–Kier alpha value is -2.02. The Morgan fingerprint density at radius 1 is 1.42 bits per heavy atom. The molecule has 0 aliphatic carbocycles. The lowest BCUT2D eigenvalue weighted by Gasteiger charge is -2.08. The fourth-order valence-corrected chi connectivity index (χ4v) is 1.93. The van der Waals surface area contributed by atoms with Gasteiger partial charge in [-0.1, -0.05) is 12.2 Å². The fourth-order valence-electron chi connectivity index (χ4n) is 1.70. The molecular formula is C12H11F2N3OS. The van der Waals surface area contributed by atoms with Crippen molar-refractivity contribution in [2.24, 2.45) is 12.8 Å². The summed E-state index contributed by atoms with van der Waals surface area (Å²) in [6.07, 6.45) is 0. The number of nitrogens with zero attached hydrogens (tertiary/aromatic N) is 2. The quantitative estimate of drug-likeness (QED) is 0.879. The van der Waals surface area contributed by atoms with Gasteiger partial charge in [-0.05, 0) is 19.1 Å². The molecule has 7 heteroatoms. The van der Waals surface area contributed by atoms with Crippen molar-refractivity contribution in [2.75, 3.05) is 0 Å². The molecule has 1 aromatic heterocycles. The van der Waals surface area contributed by atoms with Gasteiger partial charge in [0.2, 0.25) is 5.88 Å². The van der Waals surface area contributed by atoms with E-state index in [0.29, 0.717) is 11.3 Å². The van der Waals surface area contributed by atoms with Crippen LogP contribution in [0.1, 0.15) is 11.3 Å². The lowest BCUT2D eigenvalue weighted by molar-refractivity contribution is 0.400. The van der Waals surface area contributed by atoms with Crippen LogP contribution < -0.4 is 10.5 Å². The molecule has 0 aliphatic rings. The maximum Gasteiger partial charge on any atom is 0.228 e. The molecule has 1 aromatic carbocycles. The monoisotopic (exact) mass is 283 g/mol. The number of halogens is 2. The standard InChI is InChI=1S/C12H11F2N3OS/c1-6-10(11(15)19)12(17(2)16-6)18-9-4-3-7(13)5-8(9)14/h3-5H,1-2H3,(H2,15,19). The predicted molar refractivity (Wildman–Crippen MR) is 70.3 cm³/mol. The van der Waals surface area contributed by atoms with Crippen LogP contribution in [-0.4, -0.2) is 14.8 Å². The van der Waals surface area contributed by atoms with E-state index in [1.54, 1.807) is 14.0 Å². The first-order valence-electron chi connectivity index (χ1n) is 5.36. The second kappa shape index (κ2) is 4.93. The van der Waals surface area contributed by atoms with Crippen LogP contribution in [0.5, 0.6) is 11.6 Å². The van der Waals surface area contributed by atoms with Crippen molar-refractivity contribution in [1.82, 2.24) is 9.78 Å². The average molecular weight is 283 g/mol. The van der Waals surface area contributed by atoms with Crippen molar-refractivity contribution in [3.63, 3.8) is 0 Å². The number of benzene rings is 1. The van der Waals surface area contributed by atoms with Crippen LogP contribution in [0, 0.1) is 18.6 Å². The number of hydrogen-bond acceptors (Lipinski definition) is 3. The lowest BCUT2D eigenvalue weighted by atomic mass is 10.2. The molecule has 0 fully saturated rings.